The SMILES string of the molecule is COC(=O)C(=O)N1CC(CN)C1. The van der Waals surface area contributed by atoms with Crippen LogP contribution in [0.15, 0.2) is 0 Å². The highest BCUT2D eigenvalue weighted by molar-refractivity contribution is 6.32. The molecule has 1 heterocycles. The topological polar surface area (TPSA) is 72.6 Å². The fraction of sp³-hybridized carbons (Fsp3) is 0.714. The fourth-order valence-corrected chi connectivity index (χ4v) is 1.10. The van der Waals surface area contributed by atoms with Crippen molar-refractivity contribution in [1.29, 1.82) is 0 Å². The molecule has 0 bridgehead atoms. The third-order valence-electron chi connectivity index (χ3n) is 1.94. The minimum atomic E-state index is -0.800. The molecule has 0 spiro atoms. The van der Waals surface area contributed by atoms with Crippen LogP contribution in [0.4, 0.5) is 0 Å². The van der Waals surface area contributed by atoms with Gasteiger partial charge >= 0.3 is 11.9 Å². The van der Waals surface area contributed by atoms with Gasteiger partial charge in [0.05, 0.1) is 7.11 Å². The zero-order chi connectivity index (χ0) is 9.14. The number of carbonyl (C=O) groups is 2. The van der Waals surface area contributed by atoms with E-state index in [9.17, 15) is 9.59 Å². The zero-order valence-electron chi connectivity index (χ0n) is 6.95. The predicted octanol–water partition coefficient (Wildman–Crippen LogP) is -1.42. The molecule has 5 nitrogen and oxygen atoms in total. The van der Waals surface area contributed by atoms with E-state index < -0.39 is 11.9 Å². The molecule has 2 N–H and O–H groups in total. The summed E-state index contributed by atoms with van der Waals surface area (Å²) in [6.45, 7) is 1.71. The molecule has 1 rings (SSSR count). The molecule has 0 unspecified atom stereocenters. The Morgan fingerprint density at radius 3 is 2.58 bits per heavy atom. The van der Waals surface area contributed by atoms with E-state index in [1.165, 1.54) is 12.0 Å². The van der Waals surface area contributed by atoms with Gasteiger partial charge in [0.1, 0.15) is 0 Å². The van der Waals surface area contributed by atoms with Crippen LogP contribution in [0.1, 0.15) is 0 Å². The Hall–Kier alpha value is -1.10. The van der Waals surface area contributed by atoms with Crippen LogP contribution in [0.5, 0.6) is 0 Å². The van der Waals surface area contributed by atoms with Gasteiger partial charge in [-0.3, -0.25) is 4.79 Å². The number of likely N-dealkylation sites (tertiary alicyclic amines) is 1. The number of amides is 1. The third kappa shape index (κ3) is 1.55. The van der Waals surface area contributed by atoms with Crippen LogP contribution < -0.4 is 5.73 Å². The van der Waals surface area contributed by atoms with Gasteiger partial charge < -0.3 is 15.4 Å². The summed E-state index contributed by atoms with van der Waals surface area (Å²) in [5.41, 5.74) is 5.35. The Kier molecular flexibility index (Phi) is 2.65. The zero-order valence-corrected chi connectivity index (χ0v) is 6.95. The molecular formula is C7H12N2O3. The molecule has 0 aromatic heterocycles. The normalized spacial score (nSPS) is 17.0. The first-order valence-corrected chi connectivity index (χ1v) is 3.76. The first kappa shape index (κ1) is 8.99. The number of rotatable bonds is 1. The Labute approximate surface area is 70.5 Å². The molecule has 12 heavy (non-hydrogen) atoms. The number of carbonyl (C=O) groups excluding carboxylic acids is 2. The molecule has 1 amide bonds. The van der Waals surface area contributed by atoms with E-state index in [4.69, 9.17) is 5.73 Å². The van der Waals surface area contributed by atoms with Gasteiger partial charge in [0.2, 0.25) is 0 Å². The van der Waals surface area contributed by atoms with E-state index in [0.717, 1.165) is 0 Å². The molecule has 5 heteroatoms. The van der Waals surface area contributed by atoms with Gasteiger partial charge in [0.25, 0.3) is 0 Å². The summed E-state index contributed by atoms with van der Waals surface area (Å²) >= 11 is 0. The molecule has 0 aromatic rings. The van der Waals surface area contributed by atoms with Crippen LogP contribution >= 0.6 is 0 Å². The molecule has 0 saturated carbocycles. The lowest BCUT2D eigenvalue weighted by Gasteiger charge is -2.37. The van der Waals surface area contributed by atoms with E-state index in [1.54, 1.807) is 0 Å². The molecule has 0 atom stereocenters. The molecule has 0 aromatic carbocycles. The number of nitrogens with two attached hydrogens (primary N) is 1. The monoisotopic (exact) mass is 172 g/mol. The van der Waals surface area contributed by atoms with Crippen molar-refractivity contribution in [2.45, 2.75) is 0 Å². The van der Waals surface area contributed by atoms with E-state index in [2.05, 4.69) is 4.74 Å². The predicted molar refractivity (Wildman–Crippen MR) is 41.1 cm³/mol. The maximum atomic E-state index is 11.0. The van der Waals surface area contributed by atoms with Crippen molar-refractivity contribution in [2.75, 3.05) is 26.7 Å². The summed E-state index contributed by atoms with van der Waals surface area (Å²) in [5, 5.41) is 0. The summed E-state index contributed by atoms with van der Waals surface area (Å²) in [6, 6.07) is 0. The summed E-state index contributed by atoms with van der Waals surface area (Å²) in [7, 11) is 1.19. The Bertz CT molecular complexity index is 199. The average molecular weight is 172 g/mol. The Balaban J connectivity index is 2.33. The van der Waals surface area contributed by atoms with Crippen molar-refractivity contribution < 1.29 is 14.3 Å². The lowest BCUT2D eigenvalue weighted by atomic mass is 10.0. The number of nitrogens with zero attached hydrogens (tertiary/aromatic N) is 1. The minimum Gasteiger partial charge on any atom is -0.462 e. The van der Waals surface area contributed by atoms with Crippen molar-refractivity contribution in [3.05, 3.63) is 0 Å². The molecular weight excluding hydrogens is 160 g/mol. The van der Waals surface area contributed by atoms with Crippen LogP contribution in [0, 0.1) is 5.92 Å². The van der Waals surface area contributed by atoms with Crippen LogP contribution in [0.2, 0.25) is 0 Å². The van der Waals surface area contributed by atoms with Crippen molar-refractivity contribution in [1.82, 2.24) is 4.90 Å². The average Bonchev–Trinajstić information content (AvgIpc) is 2.01. The highest BCUT2D eigenvalue weighted by Crippen LogP contribution is 2.13. The van der Waals surface area contributed by atoms with E-state index in [-0.39, 0.29) is 0 Å². The number of ether oxygens (including phenoxy) is 1. The smallest absolute Gasteiger partial charge is 0.396 e. The van der Waals surface area contributed by atoms with Gasteiger partial charge in [-0.15, -0.1) is 0 Å². The third-order valence-corrected chi connectivity index (χ3v) is 1.94. The van der Waals surface area contributed by atoms with Crippen LogP contribution in [0.25, 0.3) is 0 Å². The second kappa shape index (κ2) is 3.53. The fourth-order valence-electron chi connectivity index (χ4n) is 1.10. The van der Waals surface area contributed by atoms with Crippen LogP contribution in [0.3, 0.4) is 0 Å². The van der Waals surface area contributed by atoms with Gasteiger partial charge in [0.15, 0.2) is 0 Å². The molecule has 68 valence electrons. The lowest BCUT2D eigenvalue weighted by Crippen LogP contribution is -2.54. The number of esters is 1. The molecule has 1 fully saturated rings. The van der Waals surface area contributed by atoms with Gasteiger partial charge in [-0.1, -0.05) is 0 Å². The van der Waals surface area contributed by atoms with Gasteiger partial charge in [-0.25, -0.2) is 4.79 Å². The number of hydrogen-bond acceptors (Lipinski definition) is 4. The minimum absolute atomic E-state index is 0.346. The van der Waals surface area contributed by atoms with Gasteiger partial charge in [-0.05, 0) is 6.54 Å². The summed E-state index contributed by atoms with van der Waals surface area (Å²) in [4.78, 5) is 23.2. The van der Waals surface area contributed by atoms with Crippen molar-refractivity contribution in [3.8, 4) is 0 Å². The van der Waals surface area contributed by atoms with E-state index in [1.807, 2.05) is 0 Å². The van der Waals surface area contributed by atoms with Gasteiger partial charge in [0, 0.05) is 19.0 Å². The maximum absolute atomic E-state index is 11.0. The second-order valence-electron chi connectivity index (χ2n) is 2.80. The number of hydrogen-bond donors (Lipinski definition) is 1. The molecule has 1 saturated heterocycles. The molecule has 1 aliphatic rings. The summed E-state index contributed by atoms with van der Waals surface area (Å²) < 4.78 is 4.28. The number of methoxy groups -OCH3 is 1. The Morgan fingerprint density at radius 2 is 2.17 bits per heavy atom. The van der Waals surface area contributed by atoms with Crippen molar-refractivity contribution in [3.63, 3.8) is 0 Å². The molecule has 1 aliphatic heterocycles. The van der Waals surface area contributed by atoms with Crippen LogP contribution in [-0.2, 0) is 14.3 Å². The maximum Gasteiger partial charge on any atom is 0.396 e. The summed E-state index contributed by atoms with van der Waals surface area (Å²) in [5.74, 6) is -1.02. The van der Waals surface area contributed by atoms with E-state index >= 15 is 0 Å². The van der Waals surface area contributed by atoms with Crippen LogP contribution in [-0.4, -0.2) is 43.5 Å². The highest BCUT2D eigenvalue weighted by Gasteiger charge is 2.33. The standard InChI is InChI=1S/C7H12N2O3/c1-12-7(11)6(10)9-3-5(2-8)4-9/h5H,2-4,8H2,1H3. The largest absolute Gasteiger partial charge is 0.462 e. The molecule has 0 radical (unpaired) electrons. The first-order chi connectivity index (χ1) is 5.69. The van der Waals surface area contributed by atoms with Gasteiger partial charge in [-0.2, -0.15) is 0 Å². The first-order valence-electron chi connectivity index (χ1n) is 3.76. The molecule has 0 aliphatic carbocycles. The lowest BCUT2D eigenvalue weighted by molar-refractivity contribution is -0.161. The van der Waals surface area contributed by atoms with Crippen molar-refractivity contribution >= 4 is 11.9 Å². The Morgan fingerprint density at radius 1 is 1.58 bits per heavy atom. The van der Waals surface area contributed by atoms with E-state index in [0.29, 0.717) is 25.6 Å². The second-order valence-corrected chi connectivity index (χ2v) is 2.80. The summed E-state index contributed by atoms with van der Waals surface area (Å²) in [6.07, 6.45) is 0. The highest BCUT2D eigenvalue weighted by atomic mass is 16.5. The van der Waals surface area contributed by atoms with Crippen molar-refractivity contribution in [2.24, 2.45) is 11.7 Å². The quantitative estimate of drug-likeness (QED) is 0.389.